The van der Waals surface area contributed by atoms with E-state index in [1.807, 2.05) is 173 Å². The molecule has 6 rings (SSSR count). The minimum atomic E-state index is -1.01. The predicted octanol–water partition coefficient (Wildman–Crippen LogP) is 18.5. The van der Waals surface area contributed by atoms with E-state index in [9.17, 15) is 38.7 Å². The molecule has 0 atom stereocenters. The summed E-state index contributed by atoms with van der Waals surface area (Å²) in [6.07, 6.45) is 27.6. The number of esters is 3. The first-order valence-corrected chi connectivity index (χ1v) is 44.9. The molecule has 0 unspecified atom stereocenters. The Hall–Kier alpha value is -9.82. The van der Waals surface area contributed by atoms with Crippen molar-refractivity contribution in [2.45, 2.75) is 119 Å². The molecule has 128 heavy (non-hydrogen) atoms. The molecule has 0 spiro atoms. The van der Waals surface area contributed by atoms with Crippen molar-refractivity contribution in [2.24, 2.45) is 22.3 Å². The van der Waals surface area contributed by atoms with Crippen LogP contribution in [0.4, 0.5) is 0 Å². The minimum absolute atomic E-state index is 0. The monoisotopic (exact) mass is 1910 g/mol. The second-order valence-electron chi connectivity index (χ2n) is 31.5. The van der Waals surface area contributed by atoms with Crippen molar-refractivity contribution in [1.29, 1.82) is 0 Å². The Morgan fingerprint density at radius 2 is 0.656 bits per heavy atom. The van der Waals surface area contributed by atoms with Gasteiger partial charge in [0.25, 0.3) is 0 Å². The van der Waals surface area contributed by atoms with E-state index < -0.39 is 22.8 Å². The molecule has 0 radical (unpaired) electrons. The van der Waals surface area contributed by atoms with Gasteiger partial charge in [0.05, 0.1) is 27.4 Å². The molecule has 6 aromatic rings. The summed E-state index contributed by atoms with van der Waals surface area (Å²) in [5.74, 6) is -2.15. The molecule has 702 valence electrons. The zero-order chi connectivity index (χ0) is 95.2. The maximum atomic E-state index is 12.9. The number of aryl methyl sites for hydroxylation is 1. The Kier molecular flexibility index (Phi) is 69.5. The van der Waals surface area contributed by atoms with Gasteiger partial charge >= 0.3 is 23.9 Å². The zero-order valence-corrected chi connectivity index (χ0v) is 82.2. The van der Waals surface area contributed by atoms with Gasteiger partial charge in [-0.15, -0.1) is 78.2 Å². The Labute approximate surface area is 791 Å². The molecule has 20 nitrogen and oxygen atoms in total. The number of carboxylic acids is 1. The van der Waals surface area contributed by atoms with Crippen molar-refractivity contribution >= 4 is 86.2 Å². The minimum Gasteiger partial charge on any atom is -0.480 e. The van der Waals surface area contributed by atoms with E-state index in [4.69, 9.17) is 16.2 Å². The molecule has 0 aromatic heterocycles. The first kappa shape index (κ1) is 120. The number of aliphatic carboxylic acids is 1. The lowest BCUT2D eigenvalue weighted by molar-refractivity contribution is -0.150. The summed E-state index contributed by atoms with van der Waals surface area (Å²) in [7, 11) is 2.77. The van der Waals surface area contributed by atoms with E-state index in [2.05, 4.69) is 186 Å². The van der Waals surface area contributed by atoms with E-state index in [-0.39, 0.29) is 55.8 Å². The Morgan fingerprint density at radius 1 is 0.383 bits per heavy atom. The normalized spacial score (nSPS) is 10.5. The molecule has 0 fully saturated rings. The Balaban J connectivity index is 0. The number of hydrogen-bond donors (Lipinski definition) is 3. The molecular weight excluding hydrogens is 1760 g/mol. The molecule has 0 aliphatic rings. The fourth-order valence-corrected chi connectivity index (χ4v) is 13.7. The molecule has 6 aromatic carbocycles. The van der Waals surface area contributed by atoms with Crippen molar-refractivity contribution in [1.82, 2.24) is 34.3 Å². The van der Waals surface area contributed by atoms with E-state index in [0.717, 1.165) is 194 Å². The van der Waals surface area contributed by atoms with Crippen molar-refractivity contribution in [3.05, 3.63) is 337 Å². The summed E-state index contributed by atoms with van der Waals surface area (Å²) < 4.78 is 16.2. The molecule has 0 saturated carbocycles. The highest BCUT2D eigenvalue weighted by atomic mass is 79.9. The van der Waals surface area contributed by atoms with Crippen LogP contribution in [-0.4, -0.2) is 227 Å². The molecule has 23 heteroatoms. The van der Waals surface area contributed by atoms with Gasteiger partial charge in [-0.25, -0.2) is 0 Å². The third-order valence-electron chi connectivity index (χ3n) is 19.2. The molecule has 2 amide bonds. The highest BCUT2D eigenvalue weighted by Gasteiger charge is 2.31. The SMILES string of the molecule is C=CCN(CC=C)CCc1ccccc1Br.C=CCN(CC=C)CCc1ccccc1C=O.C=CCN(CC=C)CCc1ccccc1CCCC(=O)OC.C=CCN(CC=C)CCc1ccccc1CN(CC(=O)O)C(=O)C(C)(C)C.C=CCN(CC=C)CCc1ccccc1CN(CC(=O)OC)C(=O)C(C)(C)C.CCOC(=O)CN.Cl.NCCc1ccccc1Br. The Bertz CT molecular complexity index is 4210. The van der Waals surface area contributed by atoms with Crippen LogP contribution < -0.4 is 11.5 Å². The summed E-state index contributed by atoms with van der Waals surface area (Å²) in [6, 6.07) is 48.6. The number of carboxylic acid groups (broad SMARTS) is 1. The van der Waals surface area contributed by atoms with Crippen LogP contribution in [0.25, 0.3) is 0 Å². The van der Waals surface area contributed by atoms with Gasteiger partial charge in [-0.1, -0.05) is 268 Å². The van der Waals surface area contributed by atoms with Crippen LogP contribution >= 0.6 is 44.3 Å². The number of amides is 2. The van der Waals surface area contributed by atoms with Crippen LogP contribution in [-0.2, 0) is 101 Å². The average Bonchev–Trinajstić information content (AvgIpc) is 0.851. The number of nitrogens with zero attached hydrogens (tertiary/aromatic N) is 7. The number of carbonyl (C=O) groups excluding carboxylic acids is 6. The van der Waals surface area contributed by atoms with Gasteiger partial charge in [0.1, 0.15) is 19.4 Å². The maximum absolute atomic E-state index is 12.9. The Morgan fingerprint density at radius 3 is 0.938 bits per heavy atom. The highest BCUT2D eigenvalue weighted by Crippen LogP contribution is 2.25. The second kappa shape index (κ2) is 74.0. The fraction of sp³-hybridized carbons (Fsp3) is 0.400. The van der Waals surface area contributed by atoms with E-state index in [1.165, 1.54) is 45.8 Å². The van der Waals surface area contributed by atoms with Gasteiger partial charge in [0.15, 0.2) is 0 Å². The summed E-state index contributed by atoms with van der Waals surface area (Å²) in [5.41, 5.74) is 20.6. The largest absolute Gasteiger partial charge is 0.480 e. The van der Waals surface area contributed by atoms with Crippen LogP contribution in [0.5, 0.6) is 0 Å². The third kappa shape index (κ3) is 55.1. The molecule has 5 N–H and O–H groups in total. The molecule has 0 saturated heterocycles. The average molecular weight is 1910 g/mol. The first-order valence-electron chi connectivity index (χ1n) is 43.3. The lowest BCUT2D eigenvalue weighted by atomic mass is 9.94. The van der Waals surface area contributed by atoms with Gasteiger partial charge in [-0.3, -0.25) is 58.1 Å². The van der Waals surface area contributed by atoms with Crippen molar-refractivity contribution in [2.75, 3.05) is 145 Å². The smallest absolute Gasteiger partial charge is 0.325 e. The van der Waals surface area contributed by atoms with E-state index in [1.54, 1.807) is 32.6 Å². The third-order valence-corrected chi connectivity index (χ3v) is 20.8. The van der Waals surface area contributed by atoms with Crippen molar-refractivity contribution < 1.29 is 52.9 Å². The molecule has 0 bridgehead atoms. The summed E-state index contributed by atoms with van der Waals surface area (Å²) in [5, 5.41) is 9.22. The first-order chi connectivity index (χ1) is 60.8. The van der Waals surface area contributed by atoms with E-state index >= 15 is 0 Å². The number of nitrogens with two attached hydrogens (primary N) is 2. The number of methoxy groups -OCH3 is 2. The number of carbonyl (C=O) groups is 7. The topological polar surface area (TPSA) is 242 Å². The molecule has 0 heterocycles. The van der Waals surface area contributed by atoms with Gasteiger partial charge in [-0.05, 0) is 127 Å². The number of aldehydes is 1. The standard InChI is InChI=1S/C23H34N2O3.C22H32N2O3.C19H27NO2.C15H19NO.C14H18BrN.C8H10BrN.C4H9NO2.ClH/c1-7-14-24(15-8-2)16-13-19-11-9-10-12-20(19)17-25(18-21(26)28-6)22(27)23(3,4)5;1-6-13-23(14-7-2)15-12-18-10-8-9-11-19(18)16-24(17-20(25)26)21(27)22(3,4)5;1-4-14-20(15-5-2)16-13-18-10-7-6-9-17(18)11-8-12-19(21)22-3;1-3-10-16(11-4-2)12-9-14-7-5-6-8-15(14)13-17;1-3-10-16(11-4-2)12-9-13-7-5-6-8-14(13)15;9-8-4-2-1-3-7(8)5-6-10;1-2-7-4(6)3-5;/h7-12H,1-2,13-18H2,3-6H3;6-11H,1-2,12-17H2,3-5H3,(H,25,26);4-7,9-10H,1-2,8,11-16H2,3H3;3-8,13H,1-2,9-12H2;3-8H,1-2,9-12H2;1-4H,5-6,10H2;2-3,5H2,1H3;1H. The molecule has 0 aliphatic heterocycles. The van der Waals surface area contributed by atoms with Crippen LogP contribution in [0.1, 0.15) is 122 Å². The predicted molar refractivity (Wildman–Crippen MR) is 542 cm³/mol. The maximum Gasteiger partial charge on any atom is 0.325 e. The zero-order valence-electron chi connectivity index (χ0n) is 78.2. The van der Waals surface area contributed by atoms with E-state index in [0.29, 0.717) is 32.7 Å². The molecular formula is C105H150Br2ClN9O11. The number of benzene rings is 6. The van der Waals surface area contributed by atoms with Crippen molar-refractivity contribution in [3.8, 4) is 0 Å². The quantitative estimate of drug-likeness (QED) is 0.0139. The number of hydrogen-bond acceptors (Lipinski definition) is 17. The number of ether oxygens (including phenoxy) is 3. The summed E-state index contributed by atoms with van der Waals surface area (Å²) in [6.45, 7) is 65.0. The van der Waals surface area contributed by atoms with Crippen LogP contribution in [0.15, 0.2) is 281 Å². The fourth-order valence-electron chi connectivity index (χ4n) is 12.8. The van der Waals surface area contributed by atoms with Crippen LogP contribution in [0, 0.1) is 10.8 Å². The second-order valence-corrected chi connectivity index (χ2v) is 33.2. The number of rotatable bonds is 52. The van der Waals surface area contributed by atoms with Gasteiger partial charge in [0.2, 0.25) is 11.8 Å². The van der Waals surface area contributed by atoms with Crippen LogP contribution in [0.2, 0.25) is 0 Å². The summed E-state index contributed by atoms with van der Waals surface area (Å²) in [4.78, 5) is 95.1. The van der Waals surface area contributed by atoms with Crippen molar-refractivity contribution in [3.63, 3.8) is 0 Å². The lowest BCUT2D eigenvalue weighted by Gasteiger charge is -2.29. The van der Waals surface area contributed by atoms with Gasteiger partial charge < -0.3 is 40.6 Å². The van der Waals surface area contributed by atoms with Gasteiger partial charge in [0, 0.05) is 143 Å². The number of halogens is 3. The van der Waals surface area contributed by atoms with Crippen LogP contribution in [0.3, 0.4) is 0 Å². The van der Waals surface area contributed by atoms with Gasteiger partial charge in [-0.2, -0.15) is 0 Å². The lowest BCUT2D eigenvalue weighted by Crippen LogP contribution is -2.42. The highest BCUT2D eigenvalue weighted by molar-refractivity contribution is 9.10. The molecule has 0 aliphatic carbocycles. The summed E-state index contributed by atoms with van der Waals surface area (Å²) >= 11 is 7.01.